The largest absolute Gasteiger partial charge is 0.478 e. The zero-order valence-corrected chi connectivity index (χ0v) is 19.9. The second-order valence-electron chi connectivity index (χ2n) is 7.90. The van der Waals surface area contributed by atoms with E-state index in [9.17, 15) is 9.59 Å². The molecule has 2 aromatic heterocycles. The van der Waals surface area contributed by atoms with Crippen LogP contribution in [0.3, 0.4) is 0 Å². The lowest BCUT2D eigenvalue weighted by Crippen LogP contribution is -2.37. The molecule has 36 heavy (non-hydrogen) atoms. The molecule has 4 aromatic rings. The second-order valence-corrected chi connectivity index (χ2v) is 8.85. The van der Waals surface area contributed by atoms with Crippen molar-refractivity contribution in [1.82, 2.24) is 15.0 Å². The van der Waals surface area contributed by atoms with Crippen LogP contribution in [0.5, 0.6) is 0 Å². The maximum atomic E-state index is 12.4. The molecule has 2 aromatic carbocycles. The number of aromatic carboxylic acids is 1. The highest BCUT2D eigenvalue weighted by Gasteiger charge is 2.18. The number of nitrogens with zero attached hydrogens (tertiary/aromatic N) is 4. The minimum absolute atomic E-state index is 0.147. The van der Waals surface area contributed by atoms with E-state index in [1.54, 1.807) is 23.5 Å². The molecular weight excluding hydrogens is 480 g/mol. The number of rotatable bonds is 6. The summed E-state index contributed by atoms with van der Waals surface area (Å²) < 4.78 is 5.46. The van der Waals surface area contributed by atoms with E-state index < -0.39 is 12.0 Å². The van der Waals surface area contributed by atoms with Gasteiger partial charge in [-0.3, -0.25) is 0 Å². The number of hydrogen-bond acceptors (Lipinski definition) is 8. The van der Waals surface area contributed by atoms with Gasteiger partial charge in [-0.2, -0.15) is 9.97 Å². The topological polar surface area (TPSA) is 130 Å². The maximum absolute atomic E-state index is 12.4. The SMILES string of the molecule is O=C(Nc1ccc(C(=O)O)cc1)Nc1ccc(-c2nc(-c3cccs3)nc(N3CCOCC3)n2)cc1. The predicted molar refractivity (Wildman–Crippen MR) is 138 cm³/mol. The van der Waals surface area contributed by atoms with Gasteiger partial charge < -0.3 is 25.4 Å². The van der Waals surface area contributed by atoms with E-state index in [0.717, 1.165) is 10.4 Å². The van der Waals surface area contributed by atoms with Gasteiger partial charge in [-0.05, 0) is 60.0 Å². The highest BCUT2D eigenvalue weighted by Crippen LogP contribution is 2.27. The zero-order valence-electron chi connectivity index (χ0n) is 19.0. The van der Waals surface area contributed by atoms with Gasteiger partial charge in [0, 0.05) is 30.0 Å². The molecule has 0 unspecified atom stereocenters. The molecule has 5 rings (SSSR count). The average molecular weight is 503 g/mol. The summed E-state index contributed by atoms with van der Waals surface area (Å²) in [4.78, 5) is 40.5. The van der Waals surface area contributed by atoms with Crippen molar-refractivity contribution in [2.45, 2.75) is 0 Å². The highest BCUT2D eigenvalue weighted by atomic mass is 32.1. The molecule has 1 aliphatic rings. The van der Waals surface area contributed by atoms with E-state index >= 15 is 0 Å². The Morgan fingerprint density at radius 2 is 1.50 bits per heavy atom. The average Bonchev–Trinajstić information content (AvgIpc) is 3.45. The molecule has 0 bridgehead atoms. The van der Waals surface area contributed by atoms with Crippen LogP contribution in [-0.2, 0) is 4.74 Å². The van der Waals surface area contributed by atoms with Crippen molar-refractivity contribution < 1.29 is 19.4 Å². The lowest BCUT2D eigenvalue weighted by molar-refractivity contribution is 0.0697. The van der Waals surface area contributed by atoms with Gasteiger partial charge in [0.1, 0.15) is 0 Å². The Balaban J connectivity index is 1.32. The highest BCUT2D eigenvalue weighted by molar-refractivity contribution is 7.13. The fraction of sp³-hybridized carbons (Fsp3) is 0.160. The Hall–Kier alpha value is -4.35. The summed E-state index contributed by atoms with van der Waals surface area (Å²) in [5, 5.41) is 16.4. The van der Waals surface area contributed by atoms with Gasteiger partial charge in [0.2, 0.25) is 5.95 Å². The standard InChI is InChI=1S/C25H22N6O4S/c32-23(33)17-5-9-19(10-6-17)27-25(34)26-18-7-3-16(4-8-18)21-28-22(20-2-1-15-36-20)30-24(29-21)31-11-13-35-14-12-31/h1-10,15H,11-14H2,(H,32,33)(H2,26,27,34). The van der Waals surface area contributed by atoms with Crippen molar-refractivity contribution in [3.8, 4) is 22.1 Å². The molecule has 0 saturated carbocycles. The molecule has 1 aliphatic heterocycles. The lowest BCUT2D eigenvalue weighted by Gasteiger charge is -2.27. The van der Waals surface area contributed by atoms with Crippen molar-refractivity contribution in [2.75, 3.05) is 41.8 Å². The van der Waals surface area contributed by atoms with Crippen LogP contribution in [0, 0.1) is 0 Å². The third-order valence-corrected chi connectivity index (χ3v) is 6.32. The summed E-state index contributed by atoms with van der Waals surface area (Å²) in [7, 11) is 0. The van der Waals surface area contributed by atoms with Crippen molar-refractivity contribution >= 4 is 40.7 Å². The molecule has 182 valence electrons. The number of carbonyl (C=O) groups excluding carboxylic acids is 1. The normalized spacial score (nSPS) is 13.3. The van der Waals surface area contributed by atoms with Crippen molar-refractivity contribution in [3.63, 3.8) is 0 Å². The minimum Gasteiger partial charge on any atom is -0.478 e. The van der Waals surface area contributed by atoms with Gasteiger partial charge in [0.15, 0.2) is 11.6 Å². The molecule has 11 heteroatoms. The predicted octanol–water partition coefficient (Wildman–Crippen LogP) is 4.45. The van der Waals surface area contributed by atoms with Crippen LogP contribution in [0.4, 0.5) is 22.1 Å². The molecular formula is C25H22N6O4S. The van der Waals surface area contributed by atoms with Crippen LogP contribution < -0.4 is 15.5 Å². The number of carboxylic acids is 1. The molecule has 3 heterocycles. The molecule has 2 amide bonds. The van der Waals surface area contributed by atoms with Gasteiger partial charge >= 0.3 is 12.0 Å². The third-order valence-electron chi connectivity index (χ3n) is 5.45. The number of ether oxygens (including phenoxy) is 1. The maximum Gasteiger partial charge on any atom is 0.335 e. The molecule has 10 nitrogen and oxygen atoms in total. The lowest BCUT2D eigenvalue weighted by atomic mass is 10.2. The van der Waals surface area contributed by atoms with Gasteiger partial charge in [-0.1, -0.05) is 6.07 Å². The van der Waals surface area contributed by atoms with E-state index in [1.807, 2.05) is 29.6 Å². The Morgan fingerprint density at radius 3 is 2.11 bits per heavy atom. The molecule has 0 atom stereocenters. The first kappa shape index (κ1) is 23.4. The number of aromatic nitrogens is 3. The van der Waals surface area contributed by atoms with Crippen LogP contribution in [-0.4, -0.2) is 58.4 Å². The number of nitrogens with one attached hydrogen (secondary N) is 2. The Labute approximate surface area is 210 Å². The second kappa shape index (κ2) is 10.5. The van der Waals surface area contributed by atoms with E-state index in [2.05, 4.69) is 15.5 Å². The van der Waals surface area contributed by atoms with Crippen molar-refractivity contribution in [2.24, 2.45) is 0 Å². The first-order valence-corrected chi connectivity index (χ1v) is 12.1. The van der Waals surface area contributed by atoms with Crippen molar-refractivity contribution in [3.05, 3.63) is 71.6 Å². The number of carbonyl (C=O) groups is 2. The van der Waals surface area contributed by atoms with Crippen LogP contribution in [0.15, 0.2) is 66.0 Å². The van der Waals surface area contributed by atoms with E-state index in [4.69, 9.17) is 24.8 Å². The van der Waals surface area contributed by atoms with Gasteiger partial charge in [0.25, 0.3) is 0 Å². The molecule has 0 spiro atoms. The Kier molecular flexibility index (Phi) is 6.83. The van der Waals surface area contributed by atoms with Gasteiger partial charge in [-0.15, -0.1) is 11.3 Å². The fourth-order valence-electron chi connectivity index (χ4n) is 3.61. The Morgan fingerprint density at radius 1 is 0.861 bits per heavy atom. The molecule has 0 aliphatic carbocycles. The number of carboxylic acid groups (broad SMARTS) is 1. The van der Waals surface area contributed by atoms with Gasteiger partial charge in [0.05, 0.1) is 23.7 Å². The first-order valence-electron chi connectivity index (χ1n) is 11.2. The summed E-state index contributed by atoms with van der Waals surface area (Å²) in [5.74, 6) is 0.752. The smallest absolute Gasteiger partial charge is 0.335 e. The zero-order chi connectivity index (χ0) is 24.9. The van der Waals surface area contributed by atoms with Crippen molar-refractivity contribution in [1.29, 1.82) is 0 Å². The van der Waals surface area contributed by atoms with E-state index in [-0.39, 0.29) is 5.56 Å². The van der Waals surface area contributed by atoms with Crippen LogP contribution in [0.1, 0.15) is 10.4 Å². The Bertz CT molecular complexity index is 1350. The van der Waals surface area contributed by atoms with E-state index in [0.29, 0.717) is 55.3 Å². The molecule has 1 fully saturated rings. The first-order chi connectivity index (χ1) is 17.5. The van der Waals surface area contributed by atoms with Crippen LogP contribution in [0.2, 0.25) is 0 Å². The minimum atomic E-state index is -1.02. The summed E-state index contributed by atoms with van der Waals surface area (Å²) in [6.45, 7) is 2.68. The number of anilines is 3. The number of benzene rings is 2. The quantitative estimate of drug-likeness (QED) is 0.353. The molecule has 3 N–H and O–H groups in total. The fourth-order valence-corrected chi connectivity index (χ4v) is 4.26. The van der Waals surface area contributed by atoms with Crippen LogP contribution >= 0.6 is 11.3 Å². The summed E-state index contributed by atoms with van der Waals surface area (Å²) in [5.41, 5.74) is 2.00. The third kappa shape index (κ3) is 5.48. The summed E-state index contributed by atoms with van der Waals surface area (Å²) in [6.07, 6.45) is 0. The number of morpholine rings is 1. The van der Waals surface area contributed by atoms with Crippen LogP contribution in [0.25, 0.3) is 22.1 Å². The molecule has 0 radical (unpaired) electrons. The summed E-state index contributed by atoms with van der Waals surface area (Å²) >= 11 is 1.57. The number of thiophene rings is 1. The number of hydrogen-bond donors (Lipinski definition) is 3. The monoisotopic (exact) mass is 502 g/mol. The number of amides is 2. The number of urea groups is 1. The van der Waals surface area contributed by atoms with E-state index in [1.165, 1.54) is 24.3 Å². The summed E-state index contributed by atoms with van der Waals surface area (Å²) in [6, 6.07) is 16.6. The van der Waals surface area contributed by atoms with Gasteiger partial charge in [-0.25, -0.2) is 14.6 Å². The molecule has 1 saturated heterocycles.